The van der Waals surface area contributed by atoms with E-state index in [0.717, 1.165) is 14.9 Å². The summed E-state index contributed by atoms with van der Waals surface area (Å²) in [4.78, 5) is 14.6. The van der Waals surface area contributed by atoms with Crippen LogP contribution in [0.3, 0.4) is 0 Å². The summed E-state index contributed by atoms with van der Waals surface area (Å²) in [5.41, 5.74) is 0.836. The fourth-order valence-electron chi connectivity index (χ4n) is 2.72. The summed E-state index contributed by atoms with van der Waals surface area (Å²) in [7, 11) is 1.59. The Hall–Kier alpha value is -2.04. The van der Waals surface area contributed by atoms with Crippen LogP contribution < -0.4 is 14.2 Å². The van der Waals surface area contributed by atoms with Crippen LogP contribution in [-0.4, -0.2) is 42.0 Å². The average Bonchev–Trinajstić information content (AvgIpc) is 3.00. The third kappa shape index (κ3) is 5.55. The van der Waals surface area contributed by atoms with Gasteiger partial charge in [-0.15, -0.1) is 6.58 Å². The second-order valence-corrected chi connectivity index (χ2v) is 8.96. The summed E-state index contributed by atoms with van der Waals surface area (Å²) in [6, 6.07) is 13.4. The van der Waals surface area contributed by atoms with Gasteiger partial charge in [0.25, 0.3) is 5.91 Å². The van der Waals surface area contributed by atoms with Crippen molar-refractivity contribution in [3.05, 3.63) is 69.2 Å². The molecule has 0 unspecified atom stereocenters. The highest BCUT2D eigenvalue weighted by atomic mass is 127. The maximum absolute atomic E-state index is 12.5. The molecule has 1 heterocycles. The van der Waals surface area contributed by atoms with Crippen LogP contribution in [0, 0.1) is 3.57 Å². The van der Waals surface area contributed by atoms with Crippen molar-refractivity contribution >= 4 is 62.9 Å². The molecule has 0 atom stereocenters. The number of amides is 1. The minimum absolute atomic E-state index is 0.114. The molecule has 0 saturated carbocycles. The summed E-state index contributed by atoms with van der Waals surface area (Å²) < 4.78 is 18.5. The SMILES string of the molecule is C=CCN1C(=O)/C(=C/c2cc(I)c(OCCOc3ccccc3)c(OC)c2)SC1=S. The number of nitrogens with zero attached hydrogens (tertiary/aromatic N) is 1. The van der Waals surface area contributed by atoms with Crippen LogP contribution in [0.4, 0.5) is 0 Å². The second kappa shape index (κ2) is 10.8. The number of hydrogen-bond acceptors (Lipinski definition) is 6. The number of rotatable bonds is 9. The van der Waals surface area contributed by atoms with E-state index < -0.39 is 0 Å². The van der Waals surface area contributed by atoms with Gasteiger partial charge in [0.05, 0.1) is 15.6 Å². The first-order valence-corrected chi connectivity index (χ1v) is 11.4. The van der Waals surface area contributed by atoms with E-state index in [9.17, 15) is 4.79 Å². The van der Waals surface area contributed by atoms with Crippen LogP contribution in [-0.2, 0) is 4.79 Å². The van der Waals surface area contributed by atoms with Gasteiger partial charge < -0.3 is 14.2 Å². The lowest BCUT2D eigenvalue weighted by Crippen LogP contribution is -2.27. The summed E-state index contributed by atoms with van der Waals surface area (Å²) in [6.45, 7) is 4.86. The van der Waals surface area contributed by atoms with Crippen molar-refractivity contribution in [2.75, 3.05) is 26.9 Å². The molecule has 1 fully saturated rings. The molecule has 156 valence electrons. The number of halogens is 1. The van der Waals surface area contributed by atoms with Crippen molar-refractivity contribution in [1.29, 1.82) is 0 Å². The molecular weight excluding hydrogens is 533 g/mol. The van der Waals surface area contributed by atoms with Gasteiger partial charge in [-0.2, -0.15) is 0 Å². The third-order valence-corrected chi connectivity index (χ3v) is 6.26. The van der Waals surface area contributed by atoms with Gasteiger partial charge in [-0.25, -0.2) is 0 Å². The number of benzene rings is 2. The van der Waals surface area contributed by atoms with Crippen molar-refractivity contribution in [2.45, 2.75) is 0 Å². The molecule has 30 heavy (non-hydrogen) atoms. The second-order valence-electron chi connectivity index (χ2n) is 6.13. The van der Waals surface area contributed by atoms with Crippen molar-refractivity contribution in [3.63, 3.8) is 0 Å². The molecule has 5 nitrogen and oxygen atoms in total. The van der Waals surface area contributed by atoms with Gasteiger partial charge in [-0.05, 0) is 58.5 Å². The molecule has 1 aliphatic rings. The number of para-hydroxylation sites is 1. The van der Waals surface area contributed by atoms with E-state index in [1.807, 2.05) is 48.5 Å². The van der Waals surface area contributed by atoms with E-state index in [1.54, 1.807) is 13.2 Å². The Morgan fingerprint density at radius 3 is 2.63 bits per heavy atom. The molecular formula is C22H20INO4S2. The van der Waals surface area contributed by atoms with Crippen molar-refractivity contribution < 1.29 is 19.0 Å². The topological polar surface area (TPSA) is 48.0 Å². The quantitative estimate of drug-likeness (QED) is 0.141. The Morgan fingerprint density at radius 2 is 1.93 bits per heavy atom. The van der Waals surface area contributed by atoms with Crippen LogP contribution in [0.5, 0.6) is 17.2 Å². The van der Waals surface area contributed by atoms with E-state index in [1.165, 1.54) is 16.7 Å². The van der Waals surface area contributed by atoms with Crippen LogP contribution in [0.1, 0.15) is 5.56 Å². The van der Waals surface area contributed by atoms with Crippen LogP contribution in [0.15, 0.2) is 60.0 Å². The first kappa shape index (κ1) is 22.6. The largest absolute Gasteiger partial charge is 0.493 e. The van der Waals surface area contributed by atoms with Crippen molar-refractivity contribution in [3.8, 4) is 17.2 Å². The van der Waals surface area contributed by atoms with E-state index in [2.05, 4.69) is 29.2 Å². The molecule has 0 bridgehead atoms. The molecule has 2 aromatic rings. The van der Waals surface area contributed by atoms with Crippen LogP contribution in [0.2, 0.25) is 0 Å². The number of carbonyl (C=O) groups excluding carboxylic acids is 1. The molecule has 1 aliphatic heterocycles. The third-order valence-electron chi connectivity index (χ3n) is 4.08. The van der Waals surface area contributed by atoms with Crippen LogP contribution >= 0.6 is 46.6 Å². The number of hydrogen-bond donors (Lipinski definition) is 0. The maximum atomic E-state index is 12.5. The highest BCUT2D eigenvalue weighted by Crippen LogP contribution is 2.37. The number of methoxy groups -OCH3 is 1. The molecule has 8 heteroatoms. The van der Waals surface area contributed by atoms with Gasteiger partial charge in [0.1, 0.15) is 23.3 Å². The number of ether oxygens (including phenoxy) is 3. The zero-order valence-corrected chi connectivity index (χ0v) is 20.1. The maximum Gasteiger partial charge on any atom is 0.266 e. The summed E-state index contributed by atoms with van der Waals surface area (Å²) in [5, 5.41) is 0. The minimum Gasteiger partial charge on any atom is -0.493 e. The van der Waals surface area contributed by atoms with E-state index >= 15 is 0 Å². The lowest BCUT2D eigenvalue weighted by Gasteiger charge is -2.14. The number of thiocarbonyl (C=S) groups is 1. The van der Waals surface area contributed by atoms with Crippen molar-refractivity contribution in [2.24, 2.45) is 0 Å². The predicted molar refractivity (Wildman–Crippen MR) is 133 cm³/mol. The smallest absolute Gasteiger partial charge is 0.266 e. The molecule has 0 radical (unpaired) electrons. The van der Waals surface area contributed by atoms with Gasteiger partial charge in [0, 0.05) is 6.54 Å². The Morgan fingerprint density at radius 1 is 1.20 bits per heavy atom. The molecule has 2 aromatic carbocycles. The minimum atomic E-state index is -0.114. The Kier molecular flexibility index (Phi) is 8.17. The normalized spacial score (nSPS) is 14.9. The Bertz CT molecular complexity index is 979. The van der Waals surface area contributed by atoms with E-state index in [-0.39, 0.29) is 5.91 Å². The van der Waals surface area contributed by atoms with Gasteiger partial charge in [0.15, 0.2) is 11.5 Å². The van der Waals surface area contributed by atoms with Gasteiger partial charge in [0.2, 0.25) is 0 Å². The molecule has 1 amide bonds. The monoisotopic (exact) mass is 553 g/mol. The predicted octanol–water partition coefficient (Wildman–Crippen LogP) is 5.14. The lowest BCUT2D eigenvalue weighted by atomic mass is 10.2. The van der Waals surface area contributed by atoms with E-state index in [4.69, 9.17) is 26.4 Å². The fraction of sp³-hybridized carbons (Fsp3) is 0.182. The lowest BCUT2D eigenvalue weighted by molar-refractivity contribution is -0.121. The summed E-state index contributed by atoms with van der Waals surface area (Å²) in [6.07, 6.45) is 3.47. The highest BCUT2D eigenvalue weighted by molar-refractivity contribution is 14.1. The van der Waals surface area contributed by atoms with Crippen LogP contribution in [0.25, 0.3) is 6.08 Å². The van der Waals surface area contributed by atoms with Gasteiger partial charge in [-0.1, -0.05) is 48.3 Å². The highest BCUT2D eigenvalue weighted by Gasteiger charge is 2.31. The molecule has 0 aliphatic carbocycles. The van der Waals surface area contributed by atoms with Gasteiger partial charge >= 0.3 is 0 Å². The number of carbonyl (C=O) groups is 1. The summed E-state index contributed by atoms with van der Waals surface area (Å²) in [5.74, 6) is 1.92. The fourth-order valence-corrected chi connectivity index (χ4v) is 4.78. The van der Waals surface area contributed by atoms with Crippen molar-refractivity contribution in [1.82, 2.24) is 4.90 Å². The Labute approximate surface area is 199 Å². The average molecular weight is 553 g/mol. The first-order valence-electron chi connectivity index (χ1n) is 9.08. The van der Waals surface area contributed by atoms with Gasteiger partial charge in [-0.3, -0.25) is 9.69 Å². The standard InChI is InChI=1S/C22H20INO4S2/c1-3-9-24-21(25)19(30-22(24)29)14-15-12-17(23)20(18(13-15)26-2)28-11-10-27-16-7-5-4-6-8-16/h3-8,12-14H,1,9-11H2,2H3/b19-14-. The zero-order chi connectivity index (χ0) is 21.5. The Balaban J connectivity index is 1.70. The number of thioether (sulfide) groups is 1. The summed E-state index contributed by atoms with van der Waals surface area (Å²) >= 11 is 8.77. The van der Waals surface area contributed by atoms with E-state index in [0.29, 0.717) is 40.5 Å². The molecule has 1 saturated heterocycles. The first-order chi connectivity index (χ1) is 14.5. The molecule has 0 spiro atoms. The molecule has 0 N–H and O–H groups in total. The molecule has 0 aromatic heterocycles. The zero-order valence-electron chi connectivity index (χ0n) is 16.3. The molecule has 3 rings (SSSR count).